The molecule has 0 aromatic carbocycles. The van der Waals surface area contributed by atoms with E-state index in [1.54, 1.807) is 0 Å². The quantitative estimate of drug-likeness (QED) is 0.580. The Morgan fingerprint density at radius 1 is 1.35 bits per heavy atom. The molecule has 1 rings (SSSR count). The number of esters is 1. The van der Waals surface area contributed by atoms with Crippen LogP contribution >= 0.6 is 11.8 Å². The van der Waals surface area contributed by atoms with Crippen LogP contribution in [0.3, 0.4) is 0 Å². The minimum atomic E-state index is -0.165. The molecule has 0 bridgehead atoms. The zero-order valence-corrected chi connectivity index (χ0v) is 13.8. The Morgan fingerprint density at radius 3 is 2.50 bits per heavy atom. The second-order valence-corrected chi connectivity index (χ2v) is 6.39. The van der Waals surface area contributed by atoms with Crippen LogP contribution in [0.25, 0.3) is 0 Å². The van der Waals surface area contributed by atoms with Crippen molar-refractivity contribution in [2.75, 3.05) is 18.6 Å². The van der Waals surface area contributed by atoms with E-state index in [-0.39, 0.29) is 23.7 Å². The fraction of sp³-hybridized carbons (Fsp3) is 0.867. The van der Waals surface area contributed by atoms with Crippen LogP contribution in [-0.4, -0.2) is 30.5 Å². The smallest absolute Gasteiger partial charge is 0.309 e. The minimum Gasteiger partial charge on any atom is -0.469 e. The van der Waals surface area contributed by atoms with Crippen molar-refractivity contribution in [3.8, 4) is 0 Å². The largest absolute Gasteiger partial charge is 0.469 e. The summed E-state index contributed by atoms with van der Waals surface area (Å²) < 4.78 is 4.58. The van der Waals surface area contributed by atoms with Gasteiger partial charge in [0.1, 0.15) is 0 Å². The molecule has 1 fully saturated rings. The number of ether oxygens (including phenoxy) is 1. The zero-order valence-electron chi connectivity index (χ0n) is 13.0. The lowest BCUT2D eigenvalue weighted by Gasteiger charge is -2.05. The van der Waals surface area contributed by atoms with E-state index in [1.807, 2.05) is 18.7 Å². The first-order valence-electron chi connectivity index (χ1n) is 7.47. The van der Waals surface area contributed by atoms with Crippen LogP contribution in [0.2, 0.25) is 0 Å². The molecule has 5 heteroatoms. The van der Waals surface area contributed by atoms with Crippen LogP contribution < -0.4 is 5.73 Å². The van der Waals surface area contributed by atoms with Crippen LogP contribution in [0, 0.1) is 11.8 Å². The van der Waals surface area contributed by atoms with E-state index in [4.69, 9.17) is 5.73 Å². The molecule has 1 aliphatic heterocycles. The normalized spacial score (nSPS) is 18.9. The number of carbonyl (C=O) groups is 2. The third-order valence-electron chi connectivity index (χ3n) is 3.44. The number of hydrogen-bond donors (Lipinski definition) is 1. The summed E-state index contributed by atoms with van der Waals surface area (Å²) >= 11 is 1.83. The summed E-state index contributed by atoms with van der Waals surface area (Å²) in [4.78, 5) is 21.4. The molecule has 20 heavy (non-hydrogen) atoms. The van der Waals surface area contributed by atoms with E-state index in [1.165, 1.54) is 26.4 Å². The number of amides is 1. The molecule has 0 radical (unpaired) electrons. The number of unbranched alkanes of at least 4 members (excludes halogenated alkanes) is 3. The van der Waals surface area contributed by atoms with E-state index in [9.17, 15) is 9.59 Å². The number of carbonyl (C=O) groups excluding carboxylic acids is 2. The highest BCUT2D eigenvalue weighted by Gasteiger charge is 2.23. The number of nitrogens with two attached hydrogens (primary N) is 1. The molecule has 2 atom stereocenters. The maximum Gasteiger partial charge on any atom is 0.309 e. The van der Waals surface area contributed by atoms with Gasteiger partial charge in [0.2, 0.25) is 5.91 Å². The Balaban J connectivity index is 0.000000367. The molecule has 118 valence electrons. The number of rotatable bonds is 7. The fourth-order valence-electron chi connectivity index (χ4n) is 1.91. The van der Waals surface area contributed by atoms with Crippen LogP contribution in [-0.2, 0) is 14.3 Å². The van der Waals surface area contributed by atoms with E-state index in [0.717, 1.165) is 30.8 Å². The van der Waals surface area contributed by atoms with Gasteiger partial charge in [0.15, 0.2) is 0 Å². The van der Waals surface area contributed by atoms with Crippen LogP contribution in [0.1, 0.15) is 52.4 Å². The van der Waals surface area contributed by atoms with Gasteiger partial charge in [0.05, 0.1) is 13.0 Å². The van der Waals surface area contributed by atoms with E-state index >= 15 is 0 Å². The third kappa shape index (κ3) is 9.23. The van der Waals surface area contributed by atoms with Gasteiger partial charge in [-0.2, -0.15) is 11.8 Å². The number of thioether (sulfide) groups is 1. The number of hydrogen-bond acceptors (Lipinski definition) is 4. The van der Waals surface area contributed by atoms with Gasteiger partial charge in [-0.25, -0.2) is 0 Å². The van der Waals surface area contributed by atoms with Crippen molar-refractivity contribution in [3.05, 3.63) is 0 Å². The highest BCUT2D eigenvalue weighted by atomic mass is 32.2. The molecule has 1 heterocycles. The summed E-state index contributed by atoms with van der Waals surface area (Å²) in [5.74, 6) is 2.10. The Labute approximate surface area is 127 Å². The Morgan fingerprint density at radius 2 is 2.05 bits per heavy atom. The minimum absolute atomic E-state index is 0.0417. The summed E-state index contributed by atoms with van der Waals surface area (Å²) in [7, 11) is 1.45. The average molecular weight is 303 g/mol. The van der Waals surface area contributed by atoms with Gasteiger partial charge in [-0.05, 0) is 18.6 Å². The maximum absolute atomic E-state index is 10.8. The first-order chi connectivity index (χ1) is 9.52. The standard InChI is InChI=1S/C9H19NO.C6H10O2S/c1-3-4-5-6-7-8(2)9(10)11;1-8-6(7)5-2-3-9-4-5/h8H,3-7H2,1-2H3,(H2,10,11);5H,2-4H2,1H3. The SMILES string of the molecule is CCCCCCC(C)C(N)=O.COC(=O)C1CCSC1. The number of primary amides is 1. The number of methoxy groups -OCH3 is 1. The topological polar surface area (TPSA) is 69.4 Å². The Bertz CT molecular complexity index is 278. The summed E-state index contributed by atoms with van der Waals surface area (Å²) in [6, 6.07) is 0. The molecule has 2 N–H and O–H groups in total. The zero-order chi connectivity index (χ0) is 15.4. The molecule has 0 aromatic rings. The Hall–Kier alpha value is -0.710. The Kier molecular flexibility index (Phi) is 11.6. The van der Waals surface area contributed by atoms with E-state index in [0.29, 0.717) is 0 Å². The lowest BCUT2D eigenvalue weighted by Crippen LogP contribution is -2.20. The van der Waals surface area contributed by atoms with E-state index < -0.39 is 0 Å². The van der Waals surface area contributed by atoms with Gasteiger partial charge < -0.3 is 10.5 Å². The highest BCUT2D eigenvalue weighted by molar-refractivity contribution is 7.99. The van der Waals surface area contributed by atoms with Crippen LogP contribution in [0.4, 0.5) is 0 Å². The van der Waals surface area contributed by atoms with Crippen molar-refractivity contribution in [2.24, 2.45) is 17.6 Å². The summed E-state index contributed by atoms with van der Waals surface area (Å²) in [5.41, 5.74) is 5.11. The highest BCUT2D eigenvalue weighted by Crippen LogP contribution is 2.23. The first-order valence-corrected chi connectivity index (χ1v) is 8.63. The predicted molar refractivity (Wildman–Crippen MR) is 84.6 cm³/mol. The van der Waals surface area contributed by atoms with Crippen molar-refractivity contribution in [3.63, 3.8) is 0 Å². The van der Waals surface area contributed by atoms with Gasteiger partial charge in [-0.15, -0.1) is 0 Å². The molecule has 2 unspecified atom stereocenters. The fourth-order valence-corrected chi connectivity index (χ4v) is 3.11. The molecular formula is C15H29NO3S. The van der Waals surface area contributed by atoms with Gasteiger partial charge in [0.25, 0.3) is 0 Å². The second-order valence-electron chi connectivity index (χ2n) is 5.24. The molecule has 1 saturated heterocycles. The molecular weight excluding hydrogens is 274 g/mol. The van der Waals surface area contributed by atoms with Crippen molar-refractivity contribution < 1.29 is 14.3 Å². The molecule has 0 spiro atoms. The molecule has 0 saturated carbocycles. The van der Waals surface area contributed by atoms with Gasteiger partial charge in [-0.3, -0.25) is 9.59 Å². The van der Waals surface area contributed by atoms with E-state index in [2.05, 4.69) is 11.7 Å². The predicted octanol–water partition coefficient (Wildman–Crippen LogP) is 2.99. The summed E-state index contributed by atoms with van der Waals surface area (Å²) in [6.07, 6.45) is 6.83. The lowest BCUT2D eigenvalue weighted by atomic mass is 10.0. The molecule has 1 amide bonds. The van der Waals surface area contributed by atoms with Crippen molar-refractivity contribution in [1.82, 2.24) is 0 Å². The first kappa shape index (κ1) is 19.3. The van der Waals surface area contributed by atoms with Gasteiger partial charge in [0, 0.05) is 11.7 Å². The van der Waals surface area contributed by atoms with Crippen LogP contribution in [0.5, 0.6) is 0 Å². The average Bonchev–Trinajstić information content (AvgIpc) is 2.97. The van der Waals surface area contributed by atoms with Gasteiger partial charge in [-0.1, -0.05) is 39.5 Å². The second kappa shape index (κ2) is 12.1. The maximum atomic E-state index is 10.8. The van der Waals surface area contributed by atoms with Crippen molar-refractivity contribution in [2.45, 2.75) is 52.4 Å². The molecule has 0 aliphatic carbocycles. The van der Waals surface area contributed by atoms with Crippen molar-refractivity contribution >= 4 is 23.6 Å². The monoisotopic (exact) mass is 303 g/mol. The lowest BCUT2D eigenvalue weighted by molar-refractivity contribution is -0.144. The molecule has 1 aliphatic rings. The third-order valence-corrected chi connectivity index (χ3v) is 4.60. The molecule has 4 nitrogen and oxygen atoms in total. The summed E-state index contributed by atoms with van der Waals surface area (Å²) in [6.45, 7) is 4.08. The van der Waals surface area contributed by atoms with Crippen LogP contribution in [0.15, 0.2) is 0 Å². The summed E-state index contributed by atoms with van der Waals surface area (Å²) in [5, 5.41) is 0. The van der Waals surface area contributed by atoms with Crippen molar-refractivity contribution in [1.29, 1.82) is 0 Å². The molecule has 0 aromatic heterocycles. The van der Waals surface area contributed by atoms with Gasteiger partial charge >= 0.3 is 5.97 Å².